The lowest BCUT2D eigenvalue weighted by Crippen LogP contribution is -2.48. The van der Waals surface area contributed by atoms with Gasteiger partial charge in [0.25, 0.3) is 0 Å². The van der Waals surface area contributed by atoms with Gasteiger partial charge in [0.15, 0.2) is 0 Å². The minimum Gasteiger partial charge on any atom is -0.345 e. The van der Waals surface area contributed by atoms with Crippen LogP contribution in [0.2, 0.25) is 19.6 Å². The van der Waals surface area contributed by atoms with Gasteiger partial charge in [-0.15, -0.1) is 0 Å². The topological polar surface area (TPSA) is 20.3 Å². The molecule has 1 saturated heterocycles. The molecule has 0 aromatic rings. The molecule has 1 fully saturated rings. The van der Waals surface area contributed by atoms with Gasteiger partial charge in [0.05, 0.1) is 8.07 Å². The normalized spacial score (nSPS) is 24.1. The number of likely N-dealkylation sites (tertiary alicyclic amines) is 1. The van der Waals surface area contributed by atoms with Crippen molar-refractivity contribution in [2.24, 2.45) is 5.92 Å². The van der Waals surface area contributed by atoms with E-state index in [1.165, 1.54) is 6.42 Å². The quantitative estimate of drug-likeness (QED) is 0.660. The van der Waals surface area contributed by atoms with Crippen molar-refractivity contribution >= 4 is 14.0 Å². The Morgan fingerprint density at radius 1 is 1.43 bits per heavy atom. The highest BCUT2D eigenvalue weighted by molar-refractivity contribution is 6.76. The third-order valence-corrected chi connectivity index (χ3v) is 4.13. The Morgan fingerprint density at radius 2 is 2.07 bits per heavy atom. The second kappa shape index (κ2) is 4.47. The summed E-state index contributed by atoms with van der Waals surface area (Å²) in [6.07, 6.45) is 4.37. The molecule has 0 aromatic carbocycles. The van der Waals surface area contributed by atoms with Gasteiger partial charge in [0.2, 0.25) is 5.91 Å². The lowest BCUT2D eigenvalue weighted by molar-refractivity contribution is -0.137. The highest BCUT2D eigenvalue weighted by Gasteiger charge is 2.30. The molecule has 82 valence electrons. The van der Waals surface area contributed by atoms with E-state index in [2.05, 4.69) is 31.5 Å². The first kappa shape index (κ1) is 11.8. The van der Waals surface area contributed by atoms with Crippen LogP contribution < -0.4 is 0 Å². The molecule has 1 rings (SSSR count). The number of nitrogens with zero attached hydrogens (tertiary/aromatic N) is 1. The summed E-state index contributed by atoms with van der Waals surface area (Å²) in [5.74, 6) is 0.737. The fourth-order valence-corrected chi connectivity index (χ4v) is 3.59. The van der Waals surface area contributed by atoms with Crippen molar-refractivity contribution in [2.75, 3.05) is 12.7 Å². The van der Waals surface area contributed by atoms with Crippen molar-refractivity contribution in [2.45, 2.75) is 45.8 Å². The zero-order chi connectivity index (χ0) is 10.8. The summed E-state index contributed by atoms with van der Waals surface area (Å²) in [4.78, 5) is 14.1. The molecule has 1 aliphatic heterocycles. The maximum absolute atomic E-state index is 12.0. The number of piperidine rings is 1. The van der Waals surface area contributed by atoms with Crippen molar-refractivity contribution in [1.82, 2.24) is 4.90 Å². The van der Waals surface area contributed by atoms with Crippen LogP contribution >= 0.6 is 0 Å². The predicted molar refractivity (Wildman–Crippen MR) is 62.9 cm³/mol. The number of rotatable bonds is 3. The molecule has 0 aromatic heterocycles. The summed E-state index contributed by atoms with van der Waals surface area (Å²) in [7, 11) is -1.12. The van der Waals surface area contributed by atoms with Crippen molar-refractivity contribution in [1.29, 1.82) is 0 Å². The first-order valence-electron chi connectivity index (χ1n) is 5.73. The standard InChI is InChI=1S/C11H23NOSi/c1-5-10-7-6-8-12(11(10)13)9-14(2,3)4/h10H,5-9H2,1-4H3/t10-/m1/s1. The summed E-state index contributed by atoms with van der Waals surface area (Å²) in [6.45, 7) is 10.1. The second-order valence-corrected chi connectivity index (χ2v) is 11.0. The molecule has 1 amide bonds. The minimum absolute atomic E-state index is 0.320. The van der Waals surface area contributed by atoms with Crippen molar-refractivity contribution in [3.8, 4) is 0 Å². The molecule has 0 unspecified atom stereocenters. The van der Waals surface area contributed by atoms with Gasteiger partial charge >= 0.3 is 0 Å². The highest BCUT2D eigenvalue weighted by Crippen LogP contribution is 2.21. The van der Waals surface area contributed by atoms with Crippen molar-refractivity contribution in [3.63, 3.8) is 0 Å². The molecule has 0 spiro atoms. The number of carbonyl (C=O) groups excluding carboxylic acids is 1. The molecule has 2 nitrogen and oxygen atoms in total. The summed E-state index contributed by atoms with van der Waals surface area (Å²) >= 11 is 0. The van der Waals surface area contributed by atoms with Gasteiger partial charge in [-0.05, 0) is 19.3 Å². The van der Waals surface area contributed by atoms with Crippen LogP contribution in [0.1, 0.15) is 26.2 Å². The molecule has 1 aliphatic rings. The highest BCUT2D eigenvalue weighted by atomic mass is 28.3. The molecule has 0 N–H and O–H groups in total. The van der Waals surface area contributed by atoms with Crippen molar-refractivity contribution < 1.29 is 4.79 Å². The van der Waals surface area contributed by atoms with Crippen LogP contribution in [-0.4, -0.2) is 31.6 Å². The van der Waals surface area contributed by atoms with Gasteiger partial charge in [-0.2, -0.15) is 0 Å². The van der Waals surface area contributed by atoms with Gasteiger partial charge in [-0.25, -0.2) is 0 Å². The van der Waals surface area contributed by atoms with Crippen LogP contribution in [0.5, 0.6) is 0 Å². The second-order valence-electron chi connectivity index (χ2n) is 5.57. The summed E-state index contributed by atoms with van der Waals surface area (Å²) in [6, 6.07) is 0. The van der Waals surface area contributed by atoms with E-state index in [0.717, 1.165) is 25.6 Å². The molecular weight excluding hydrogens is 190 g/mol. The number of hydrogen-bond acceptors (Lipinski definition) is 1. The van der Waals surface area contributed by atoms with Gasteiger partial charge < -0.3 is 4.90 Å². The molecule has 0 aliphatic carbocycles. The Bertz CT molecular complexity index is 210. The van der Waals surface area contributed by atoms with E-state index < -0.39 is 8.07 Å². The van der Waals surface area contributed by atoms with E-state index in [4.69, 9.17) is 0 Å². The third-order valence-electron chi connectivity index (χ3n) is 2.80. The monoisotopic (exact) mass is 213 g/mol. The fraction of sp³-hybridized carbons (Fsp3) is 0.909. The zero-order valence-corrected chi connectivity index (χ0v) is 11.0. The maximum atomic E-state index is 12.0. The largest absolute Gasteiger partial charge is 0.345 e. The van der Waals surface area contributed by atoms with Gasteiger partial charge in [0, 0.05) is 18.6 Å². The molecule has 1 heterocycles. The van der Waals surface area contributed by atoms with E-state index in [0.29, 0.717) is 11.8 Å². The fourth-order valence-electron chi connectivity index (χ4n) is 2.13. The van der Waals surface area contributed by atoms with Gasteiger partial charge in [-0.3, -0.25) is 4.79 Å². The van der Waals surface area contributed by atoms with Gasteiger partial charge in [-0.1, -0.05) is 26.6 Å². The Kier molecular flexibility index (Phi) is 3.76. The first-order valence-corrected chi connectivity index (χ1v) is 9.43. The van der Waals surface area contributed by atoms with Crippen LogP contribution in [0.4, 0.5) is 0 Å². The summed E-state index contributed by atoms with van der Waals surface area (Å²) < 4.78 is 0. The first-order chi connectivity index (χ1) is 6.44. The Morgan fingerprint density at radius 3 is 2.57 bits per heavy atom. The zero-order valence-electron chi connectivity index (χ0n) is 9.97. The Balaban J connectivity index is 2.57. The minimum atomic E-state index is -1.12. The van der Waals surface area contributed by atoms with Crippen LogP contribution in [0.25, 0.3) is 0 Å². The van der Waals surface area contributed by atoms with Gasteiger partial charge in [0.1, 0.15) is 0 Å². The number of carbonyl (C=O) groups is 1. The summed E-state index contributed by atoms with van der Waals surface area (Å²) in [5, 5.41) is 0. The molecular formula is C11H23NOSi. The van der Waals surface area contributed by atoms with Crippen LogP contribution in [0.15, 0.2) is 0 Å². The number of hydrogen-bond donors (Lipinski definition) is 0. The molecule has 0 bridgehead atoms. The van der Waals surface area contributed by atoms with Crippen molar-refractivity contribution in [3.05, 3.63) is 0 Å². The lowest BCUT2D eigenvalue weighted by Gasteiger charge is -2.35. The predicted octanol–water partition coefficient (Wildman–Crippen LogP) is 2.51. The SMILES string of the molecule is CC[C@@H]1CCCN(C[Si](C)(C)C)C1=O. The van der Waals surface area contributed by atoms with E-state index in [9.17, 15) is 4.79 Å². The smallest absolute Gasteiger partial charge is 0.225 e. The van der Waals surface area contributed by atoms with E-state index in [-0.39, 0.29) is 0 Å². The van der Waals surface area contributed by atoms with E-state index >= 15 is 0 Å². The summed E-state index contributed by atoms with van der Waals surface area (Å²) in [5.41, 5.74) is 0. The average Bonchev–Trinajstić information content (AvgIpc) is 2.06. The maximum Gasteiger partial charge on any atom is 0.225 e. The van der Waals surface area contributed by atoms with E-state index in [1.54, 1.807) is 0 Å². The average molecular weight is 213 g/mol. The third kappa shape index (κ3) is 3.12. The Hall–Kier alpha value is -0.313. The van der Waals surface area contributed by atoms with Crippen LogP contribution in [-0.2, 0) is 4.79 Å². The van der Waals surface area contributed by atoms with Crippen LogP contribution in [0.3, 0.4) is 0 Å². The number of amides is 1. The molecule has 0 radical (unpaired) electrons. The molecule has 14 heavy (non-hydrogen) atoms. The molecule has 0 saturated carbocycles. The lowest BCUT2D eigenvalue weighted by atomic mass is 9.95. The van der Waals surface area contributed by atoms with Crippen LogP contribution in [0, 0.1) is 5.92 Å². The molecule has 3 heteroatoms. The molecule has 1 atom stereocenters. The Labute approximate surface area is 88.7 Å². The van der Waals surface area contributed by atoms with E-state index in [1.807, 2.05) is 0 Å².